The summed E-state index contributed by atoms with van der Waals surface area (Å²) >= 11 is 5.39. The van der Waals surface area contributed by atoms with Crippen LogP contribution >= 0.6 is 12.2 Å². The number of aromatic nitrogens is 3. The molecule has 2 aromatic rings. The summed E-state index contributed by atoms with van der Waals surface area (Å²) in [6.07, 6.45) is 5.98. The predicted molar refractivity (Wildman–Crippen MR) is 84.0 cm³/mol. The van der Waals surface area contributed by atoms with Crippen LogP contribution in [0.15, 0.2) is 24.3 Å². The van der Waals surface area contributed by atoms with E-state index in [0.717, 1.165) is 24.5 Å². The van der Waals surface area contributed by atoms with Gasteiger partial charge < -0.3 is 4.90 Å². The summed E-state index contributed by atoms with van der Waals surface area (Å²) in [6, 6.07) is 6.90. The summed E-state index contributed by atoms with van der Waals surface area (Å²) in [6.45, 7) is 0. The Balaban J connectivity index is 1.97. The van der Waals surface area contributed by atoms with Crippen LogP contribution in [-0.2, 0) is 0 Å². The van der Waals surface area contributed by atoms with Crippen LogP contribution in [-0.4, -0.2) is 21.8 Å². The van der Waals surface area contributed by atoms with E-state index in [1.165, 1.54) is 31.4 Å². The Hall–Kier alpha value is -1.69. The molecule has 0 spiro atoms. The van der Waals surface area contributed by atoms with E-state index in [9.17, 15) is 4.39 Å². The first-order chi connectivity index (χ1) is 10.2. The Bertz CT molecular complexity index is 672. The molecule has 0 atom stereocenters. The summed E-state index contributed by atoms with van der Waals surface area (Å²) in [5, 5.41) is 7.23. The molecule has 0 saturated heterocycles. The third-order valence-corrected chi connectivity index (χ3v) is 4.41. The van der Waals surface area contributed by atoms with E-state index in [4.69, 9.17) is 12.2 Å². The van der Waals surface area contributed by atoms with Crippen molar-refractivity contribution in [3.8, 4) is 0 Å². The first-order valence-electron chi connectivity index (χ1n) is 7.33. The molecule has 1 N–H and O–H groups in total. The van der Waals surface area contributed by atoms with Crippen LogP contribution in [0, 0.1) is 10.6 Å². The number of halogens is 1. The first kappa shape index (κ1) is 14.3. The van der Waals surface area contributed by atoms with Gasteiger partial charge >= 0.3 is 0 Å². The molecule has 0 unspecified atom stereocenters. The largest absolute Gasteiger partial charge is 0.314 e. The molecule has 0 radical (unpaired) electrons. The SMILES string of the molecule is CN(c1cccc(F)c1)c1n[nH]c(=S)n1C1CCCCC1. The van der Waals surface area contributed by atoms with Gasteiger partial charge in [0.05, 0.1) is 0 Å². The number of hydrogen-bond donors (Lipinski definition) is 1. The Labute approximate surface area is 128 Å². The highest BCUT2D eigenvalue weighted by Gasteiger charge is 2.22. The maximum atomic E-state index is 13.4. The molecule has 1 saturated carbocycles. The molecule has 1 aromatic carbocycles. The Morgan fingerprint density at radius 3 is 2.81 bits per heavy atom. The minimum absolute atomic E-state index is 0.252. The van der Waals surface area contributed by atoms with Gasteiger partial charge in [0.25, 0.3) is 0 Å². The molecule has 21 heavy (non-hydrogen) atoms. The van der Waals surface area contributed by atoms with Crippen LogP contribution in [0.4, 0.5) is 16.0 Å². The Kier molecular flexibility index (Phi) is 4.05. The third-order valence-electron chi connectivity index (χ3n) is 4.12. The van der Waals surface area contributed by atoms with Crippen molar-refractivity contribution in [2.45, 2.75) is 38.1 Å². The average Bonchev–Trinajstić information content (AvgIpc) is 2.89. The highest BCUT2D eigenvalue weighted by molar-refractivity contribution is 7.71. The Morgan fingerprint density at radius 2 is 2.10 bits per heavy atom. The lowest BCUT2D eigenvalue weighted by molar-refractivity contribution is 0.351. The van der Waals surface area contributed by atoms with E-state index >= 15 is 0 Å². The molecule has 3 rings (SSSR count). The smallest absolute Gasteiger partial charge is 0.230 e. The first-order valence-corrected chi connectivity index (χ1v) is 7.74. The number of aromatic amines is 1. The quantitative estimate of drug-likeness (QED) is 0.856. The number of hydrogen-bond acceptors (Lipinski definition) is 3. The molecule has 1 aliphatic rings. The van der Waals surface area contributed by atoms with E-state index in [0.29, 0.717) is 10.8 Å². The van der Waals surface area contributed by atoms with Gasteiger partial charge in [-0.15, -0.1) is 5.10 Å². The zero-order valence-corrected chi connectivity index (χ0v) is 12.9. The molecule has 1 aliphatic carbocycles. The molecule has 112 valence electrons. The monoisotopic (exact) mass is 306 g/mol. The molecular formula is C15H19FN4S. The van der Waals surface area contributed by atoms with Gasteiger partial charge in [-0.2, -0.15) is 0 Å². The molecule has 0 bridgehead atoms. The maximum absolute atomic E-state index is 13.4. The van der Waals surface area contributed by atoms with Gasteiger partial charge in [-0.25, -0.2) is 9.49 Å². The van der Waals surface area contributed by atoms with E-state index in [2.05, 4.69) is 14.8 Å². The zero-order valence-electron chi connectivity index (χ0n) is 12.1. The predicted octanol–water partition coefficient (Wildman–Crippen LogP) is 4.35. The summed E-state index contributed by atoms with van der Waals surface area (Å²) < 4.78 is 16.1. The minimum Gasteiger partial charge on any atom is -0.314 e. The number of nitrogens with one attached hydrogen (secondary N) is 1. The fourth-order valence-corrected chi connectivity index (χ4v) is 3.28. The second-order valence-electron chi connectivity index (χ2n) is 5.53. The lowest BCUT2D eigenvalue weighted by Gasteiger charge is -2.27. The second kappa shape index (κ2) is 5.97. The molecule has 1 heterocycles. The van der Waals surface area contributed by atoms with Crippen molar-refractivity contribution < 1.29 is 4.39 Å². The Morgan fingerprint density at radius 1 is 1.33 bits per heavy atom. The number of H-pyrrole nitrogens is 1. The van der Waals surface area contributed by atoms with Gasteiger partial charge in [-0.05, 0) is 43.3 Å². The van der Waals surface area contributed by atoms with Crippen molar-refractivity contribution in [2.24, 2.45) is 0 Å². The number of nitrogens with zero attached hydrogens (tertiary/aromatic N) is 3. The van der Waals surface area contributed by atoms with Gasteiger partial charge in [0.2, 0.25) is 5.95 Å². The molecule has 6 heteroatoms. The second-order valence-corrected chi connectivity index (χ2v) is 5.92. The molecule has 1 aromatic heterocycles. The summed E-state index contributed by atoms with van der Waals surface area (Å²) in [5.74, 6) is 0.496. The number of anilines is 2. The lowest BCUT2D eigenvalue weighted by atomic mass is 9.95. The van der Waals surface area contributed by atoms with Gasteiger partial charge in [-0.3, -0.25) is 4.57 Å². The fraction of sp³-hybridized carbons (Fsp3) is 0.467. The maximum Gasteiger partial charge on any atom is 0.230 e. The summed E-state index contributed by atoms with van der Waals surface area (Å²) in [7, 11) is 1.89. The average molecular weight is 306 g/mol. The van der Waals surface area contributed by atoms with Crippen molar-refractivity contribution >= 4 is 23.9 Å². The minimum atomic E-state index is -0.252. The van der Waals surface area contributed by atoms with E-state index in [1.807, 2.05) is 18.0 Å². The fourth-order valence-electron chi connectivity index (χ4n) is 3.00. The van der Waals surface area contributed by atoms with Crippen LogP contribution in [0.25, 0.3) is 0 Å². The lowest BCUT2D eigenvalue weighted by Crippen LogP contribution is -2.20. The van der Waals surface area contributed by atoms with Crippen molar-refractivity contribution in [1.82, 2.24) is 14.8 Å². The van der Waals surface area contributed by atoms with Crippen LogP contribution in [0.5, 0.6) is 0 Å². The van der Waals surface area contributed by atoms with Gasteiger partial charge in [0.15, 0.2) is 4.77 Å². The number of rotatable bonds is 3. The zero-order chi connectivity index (χ0) is 14.8. The van der Waals surface area contributed by atoms with Crippen LogP contribution in [0.3, 0.4) is 0 Å². The van der Waals surface area contributed by atoms with Crippen molar-refractivity contribution in [2.75, 3.05) is 11.9 Å². The van der Waals surface area contributed by atoms with Crippen molar-refractivity contribution in [1.29, 1.82) is 0 Å². The van der Waals surface area contributed by atoms with Gasteiger partial charge in [-0.1, -0.05) is 25.3 Å². The van der Waals surface area contributed by atoms with E-state index in [1.54, 1.807) is 6.07 Å². The number of benzene rings is 1. The molecule has 0 aliphatic heterocycles. The van der Waals surface area contributed by atoms with E-state index < -0.39 is 0 Å². The van der Waals surface area contributed by atoms with Crippen LogP contribution in [0.2, 0.25) is 0 Å². The summed E-state index contributed by atoms with van der Waals surface area (Å²) in [5.41, 5.74) is 0.765. The van der Waals surface area contributed by atoms with Crippen LogP contribution < -0.4 is 4.90 Å². The highest BCUT2D eigenvalue weighted by atomic mass is 32.1. The summed E-state index contributed by atoms with van der Waals surface area (Å²) in [4.78, 5) is 1.88. The normalized spacial score (nSPS) is 16.1. The van der Waals surface area contributed by atoms with Crippen molar-refractivity contribution in [3.63, 3.8) is 0 Å². The van der Waals surface area contributed by atoms with Gasteiger partial charge in [0, 0.05) is 18.8 Å². The molecule has 0 amide bonds. The molecule has 4 nitrogen and oxygen atoms in total. The van der Waals surface area contributed by atoms with Gasteiger partial charge in [0.1, 0.15) is 5.82 Å². The molecule has 1 fully saturated rings. The van der Waals surface area contributed by atoms with Crippen molar-refractivity contribution in [3.05, 3.63) is 34.9 Å². The topological polar surface area (TPSA) is 36.9 Å². The third kappa shape index (κ3) is 2.85. The molecular weight excluding hydrogens is 287 g/mol. The highest BCUT2D eigenvalue weighted by Crippen LogP contribution is 2.33. The standard InChI is InChI=1S/C15H19FN4S/c1-19(13-9-5-6-11(16)10-13)14-17-18-15(21)20(14)12-7-3-2-4-8-12/h5-6,9-10,12H,2-4,7-8H2,1H3,(H,18,21). The van der Waals surface area contributed by atoms with Crippen LogP contribution in [0.1, 0.15) is 38.1 Å². The van der Waals surface area contributed by atoms with E-state index in [-0.39, 0.29) is 5.82 Å².